The van der Waals surface area contributed by atoms with Gasteiger partial charge >= 0.3 is 0 Å². The zero-order valence-electron chi connectivity index (χ0n) is 16.5. The predicted octanol–water partition coefficient (Wildman–Crippen LogP) is 4.12. The molecule has 4 heteroatoms. The first-order valence-electron chi connectivity index (χ1n) is 9.90. The summed E-state index contributed by atoms with van der Waals surface area (Å²) in [7, 11) is 0. The molecule has 1 N–H and O–H groups in total. The lowest BCUT2D eigenvalue weighted by atomic mass is 9.99. The number of hydrogen-bond acceptors (Lipinski definition) is 2. The van der Waals surface area contributed by atoms with E-state index in [0.717, 1.165) is 17.5 Å². The Hall–Kier alpha value is -3.40. The molecule has 0 saturated heterocycles. The number of nitrogens with zero attached hydrogens (tertiary/aromatic N) is 1. The highest BCUT2D eigenvalue weighted by Crippen LogP contribution is 2.20. The monoisotopic (exact) mass is 384 g/mol. The van der Waals surface area contributed by atoms with Crippen LogP contribution in [-0.2, 0) is 19.5 Å². The van der Waals surface area contributed by atoms with E-state index < -0.39 is 0 Å². The van der Waals surface area contributed by atoms with E-state index in [4.69, 9.17) is 0 Å². The molecule has 0 aromatic heterocycles. The van der Waals surface area contributed by atoms with Crippen LogP contribution in [0.25, 0.3) is 0 Å². The van der Waals surface area contributed by atoms with Crippen molar-refractivity contribution in [1.82, 2.24) is 10.2 Å². The van der Waals surface area contributed by atoms with Gasteiger partial charge < -0.3 is 10.2 Å². The van der Waals surface area contributed by atoms with Crippen LogP contribution in [0.4, 0.5) is 0 Å². The van der Waals surface area contributed by atoms with Crippen LogP contribution in [0.1, 0.15) is 43.0 Å². The van der Waals surface area contributed by atoms with E-state index in [9.17, 15) is 9.59 Å². The van der Waals surface area contributed by atoms with Crippen LogP contribution in [0.5, 0.6) is 0 Å². The summed E-state index contributed by atoms with van der Waals surface area (Å²) in [6, 6.07) is 23.3. The van der Waals surface area contributed by atoms with Crippen LogP contribution in [-0.4, -0.2) is 23.3 Å². The lowest BCUT2D eigenvalue weighted by Crippen LogP contribution is -2.36. The molecule has 0 aliphatic carbocycles. The van der Waals surface area contributed by atoms with Crippen molar-refractivity contribution >= 4 is 11.8 Å². The van der Waals surface area contributed by atoms with Crippen LogP contribution in [0.2, 0.25) is 0 Å². The van der Waals surface area contributed by atoms with E-state index in [0.29, 0.717) is 30.8 Å². The summed E-state index contributed by atoms with van der Waals surface area (Å²) >= 11 is 0. The Labute approximate surface area is 171 Å². The number of aryl methyl sites for hydroxylation is 1. The molecule has 1 aliphatic rings. The Kier molecular flexibility index (Phi) is 5.43. The molecule has 0 saturated carbocycles. The smallest absolute Gasteiger partial charge is 0.254 e. The molecule has 0 atom stereocenters. The molecule has 1 aliphatic heterocycles. The molecule has 0 spiro atoms. The Morgan fingerprint density at radius 3 is 2.48 bits per heavy atom. The van der Waals surface area contributed by atoms with Crippen molar-refractivity contribution in [2.24, 2.45) is 0 Å². The minimum absolute atomic E-state index is 0.0344. The van der Waals surface area contributed by atoms with Crippen molar-refractivity contribution in [2.75, 3.05) is 6.54 Å². The average molecular weight is 384 g/mol. The number of carbonyl (C=O) groups excluding carboxylic acids is 2. The molecule has 4 nitrogen and oxygen atoms in total. The van der Waals surface area contributed by atoms with Crippen molar-refractivity contribution in [2.45, 2.75) is 26.4 Å². The predicted molar refractivity (Wildman–Crippen MR) is 114 cm³/mol. The molecular formula is C25H24N2O2. The summed E-state index contributed by atoms with van der Waals surface area (Å²) < 4.78 is 0. The first-order valence-corrected chi connectivity index (χ1v) is 9.90. The zero-order valence-corrected chi connectivity index (χ0v) is 16.5. The Balaban J connectivity index is 1.44. The average Bonchev–Trinajstić information content (AvgIpc) is 2.76. The van der Waals surface area contributed by atoms with E-state index >= 15 is 0 Å². The van der Waals surface area contributed by atoms with Crippen LogP contribution >= 0.6 is 0 Å². The maximum absolute atomic E-state index is 13.0. The quantitative estimate of drug-likeness (QED) is 0.735. The van der Waals surface area contributed by atoms with Gasteiger partial charge in [-0.25, -0.2) is 0 Å². The van der Waals surface area contributed by atoms with Gasteiger partial charge in [-0.3, -0.25) is 9.59 Å². The molecule has 3 aromatic rings. The largest absolute Gasteiger partial charge is 0.348 e. The van der Waals surface area contributed by atoms with Gasteiger partial charge in [0.15, 0.2) is 0 Å². The molecule has 0 fully saturated rings. The third kappa shape index (κ3) is 4.37. The van der Waals surface area contributed by atoms with Crippen LogP contribution in [0.15, 0.2) is 72.8 Å². The highest BCUT2D eigenvalue weighted by Gasteiger charge is 2.22. The maximum Gasteiger partial charge on any atom is 0.254 e. The molecule has 146 valence electrons. The summed E-state index contributed by atoms with van der Waals surface area (Å²) in [4.78, 5) is 27.4. The van der Waals surface area contributed by atoms with Crippen molar-refractivity contribution in [3.63, 3.8) is 0 Å². The van der Waals surface area contributed by atoms with Gasteiger partial charge in [0, 0.05) is 30.8 Å². The molecule has 0 radical (unpaired) electrons. The zero-order chi connectivity index (χ0) is 20.2. The molecule has 1 heterocycles. The van der Waals surface area contributed by atoms with Gasteiger partial charge in [0.25, 0.3) is 11.8 Å². The van der Waals surface area contributed by atoms with E-state index in [1.165, 1.54) is 11.1 Å². The first kappa shape index (κ1) is 18.9. The molecule has 29 heavy (non-hydrogen) atoms. The standard InChI is InChI=1S/C25H24N2O2/c1-18-6-4-7-19(14-18)16-26-24(28)21-10-5-11-22(15-21)25(29)27-13-12-20-8-2-3-9-23(20)17-27/h2-11,14-15H,12-13,16-17H2,1H3,(H,26,28). The molecule has 4 rings (SSSR count). The Morgan fingerprint density at radius 2 is 1.66 bits per heavy atom. The van der Waals surface area contributed by atoms with Gasteiger partial charge in [0.2, 0.25) is 0 Å². The number of fused-ring (bicyclic) bond motifs is 1. The number of nitrogens with one attached hydrogen (secondary N) is 1. The van der Waals surface area contributed by atoms with Crippen molar-refractivity contribution in [3.05, 3.63) is 106 Å². The minimum Gasteiger partial charge on any atom is -0.348 e. The number of carbonyl (C=O) groups is 2. The third-order valence-electron chi connectivity index (χ3n) is 5.33. The van der Waals surface area contributed by atoms with Gasteiger partial charge in [-0.05, 0) is 48.2 Å². The van der Waals surface area contributed by atoms with Crippen molar-refractivity contribution in [3.8, 4) is 0 Å². The van der Waals surface area contributed by atoms with Gasteiger partial charge in [-0.15, -0.1) is 0 Å². The second-order valence-corrected chi connectivity index (χ2v) is 7.50. The highest BCUT2D eigenvalue weighted by molar-refractivity contribution is 5.99. The van der Waals surface area contributed by atoms with Gasteiger partial charge in [-0.2, -0.15) is 0 Å². The summed E-state index contributed by atoms with van der Waals surface area (Å²) in [5.74, 6) is -0.210. The fraction of sp³-hybridized carbons (Fsp3) is 0.200. The Bertz CT molecular complexity index is 1060. The number of benzene rings is 3. The number of amides is 2. The molecule has 0 unspecified atom stereocenters. The first-order chi connectivity index (χ1) is 14.1. The molecule has 0 bridgehead atoms. The lowest BCUT2D eigenvalue weighted by Gasteiger charge is -2.29. The van der Waals surface area contributed by atoms with Gasteiger partial charge in [0.05, 0.1) is 0 Å². The Morgan fingerprint density at radius 1 is 0.897 bits per heavy atom. The third-order valence-corrected chi connectivity index (χ3v) is 5.33. The minimum atomic E-state index is -0.176. The van der Waals surface area contributed by atoms with Crippen LogP contribution in [0.3, 0.4) is 0 Å². The normalized spacial score (nSPS) is 12.9. The van der Waals surface area contributed by atoms with Gasteiger partial charge in [0.1, 0.15) is 0 Å². The van der Waals surface area contributed by atoms with E-state index in [1.54, 1.807) is 24.3 Å². The fourth-order valence-electron chi connectivity index (χ4n) is 3.75. The summed E-state index contributed by atoms with van der Waals surface area (Å²) in [6.07, 6.45) is 0.860. The molecule has 3 aromatic carbocycles. The van der Waals surface area contributed by atoms with E-state index in [1.807, 2.05) is 42.2 Å². The van der Waals surface area contributed by atoms with E-state index in [-0.39, 0.29) is 11.8 Å². The number of hydrogen-bond donors (Lipinski definition) is 1. The fourth-order valence-corrected chi connectivity index (χ4v) is 3.75. The summed E-state index contributed by atoms with van der Waals surface area (Å²) in [5.41, 5.74) is 5.76. The van der Waals surface area contributed by atoms with Crippen LogP contribution in [0, 0.1) is 6.92 Å². The second-order valence-electron chi connectivity index (χ2n) is 7.50. The molecular weight excluding hydrogens is 360 g/mol. The lowest BCUT2D eigenvalue weighted by molar-refractivity contribution is 0.0734. The SMILES string of the molecule is Cc1cccc(CNC(=O)c2cccc(C(=O)N3CCc4ccccc4C3)c2)c1. The van der Waals surface area contributed by atoms with E-state index in [2.05, 4.69) is 23.5 Å². The van der Waals surface area contributed by atoms with Crippen molar-refractivity contribution in [1.29, 1.82) is 0 Å². The summed E-state index contributed by atoms with van der Waals surface area (Å²) in [5, 5.41) is 2.94. The number of rotatable bonds is 4. The maximum atomic E-state index is 13.0. The van der Waals surface area contributed by atoms with Gasteiger partial charge in [-0.1, -0.05) is 60.2 Å². The summed E-state index contributed by atoms with van der Waals surface area (Å²) in [6.45, 7) is 3.79. The van der Waals surface area contributed by atoms with Crippen molar-refractivity contribution < 1.29 is 9.59 Å². The second kappa shape index (κ2) is 8.31. The molecule has 2 amide bonds. The highest BCUT2D eigenvalue weighted by atomic mass is 16.2. The van der Waals surface area contributed by atoms with Crippen LogP contribution < -0.4 is 5.32 Å². The topological polar surface area (TPSA) is 49.4 Å².